The first kappa shape index (κ1) is 14.5. The van der Waals surface area contributed by atoms with Gasteiger partial charge in [-0.15, -0.1) is 0 Å². The molecule has 0 aromatic carbocycles. The fourth-order valence-electron chi connectivity index (χ4n) is 3.37. The number of rotatable bonds is 5. The van der Waals surface area contributed by atoms with E-state index in [4.69, 9.17) is 9.26 Å². The number of methoxy groups -OCH3 is 1. The zero-order valence-electron chi connectivity index (χ0n) is 12.6. The molecule has 1 aliphatic heterocycles. The summed E-state index contributed by atoms with van der Waals surface area (Å²) in [5.74, 6) is 1.84. The Morgan fingerprint density at radius 2 is 2.14 bits per heavy atom. The fourth-order valence-corrected chi connectivity index (χ4v) is 3.37. The molecule has 1 atom stereocenters. The van der Waals surface area contributed by atoms with Gasteiger partial charge >= 0.3 is 0 Å². The molecule has 1 saturated carbocycles. The standard InChI is InChI=1S/C15H23N3O3/c1-20-9-8-13-16-15(21-17-13)11-6-7-14(19)18(10-11)12-4-2-3-5-12/h11-12H,2-10H2,1H3/t11-/m0/s1. The van der Waals surface area contributed by atoms with Crippen molar-refractivity contribution < 1.29 is 14.1 Å². The molecular weight excluding hydrogens is 270 g/mol. The summed E-state index contributed by atoms with van der Waals surface area (Å²) in [6.45, 7) is 1.33. The molecule has 1 amide bonds. The van der Waals surface area contributed by atoms with Gasteiger partial charge < -0.3 is 14.2 Å². The number of carbonyl (C=O) groups is 1. The van der Waals surface area contributed by atoms with Crippen LogP contribution in [0, 0.1) is 0 Å². The van der Waals surface area contributed by atoms with Gasteiger partial charge in [0, 0.05) is 32.5 Å². The van der Waals surface area contributed by atoms with E-state index in [9.17, 15) is 4.79 Å². The highest BCUT2D eigenvalue weighted by Gasteiger charge is 2.35. The minimum atomic E-state index is 0.187. The molecule has 21 heavy (non-hydrogen) atoms. The van der Waals surface area contributed by atoms with Crippen LogP contribution in [0.1, 0.15) is 56.2 Å². The topological polar surface area (TPSA) is 68.5 Å². The van der Waals surface area contributed by atoms with Crippen LogP contribution < -0.4 is 0 Å². The highest BCUT2D eigenvalue weighted by atomic mass is 16.5. The van der Waals surface area contributed by atoms with Gasteiger partial charge in [-0.1, -0.05) is 18.0 Å². The number of amides is 1. The lowest BCUT2D eigenvalue weighted by Crippen LogP contribution is -2.44. The van der Waals surface area contributed by atoms with E-state index in [1.165, 1.54) is 12.8 Å². The molecule has 2 heterocycles. The van der Waals surface area contributed by atoms with Crippen molar-refractivity contribution in [1.82, 2.24) is 15.0 Å². The van der Waals surface area contributed by atoms with Gasteiger partial charge in [0.2, 0.25) is 11.8 Å². The molecule has 1 aromatic heterocycles. The van der Waals surface area contributed by atoms with E-state index in [1.807, 2.05) is 0 Å². The number of piperidine rings is 1. The van der Waals surface area contributed by atoms with Crippen molar-refractivity contribution in [3.8, 4) is 0 Å². The van der Waals surface area contributed by atoms with Gasteiger partial charge in [0.05, 0.1) is 12.5 Å². The maximum absolute atomic E-state index is 12.1. The summed E-state index contributed by atoms with van der Waals surface area (Å²) in [5, 5.41) is 4.00. The maximum atomic E-state index is 12.1. The molecule has 6 nitrogen and oxygen atoms in total. The molecular formula is C15H23N3O3. The maximum Gasteiger partial charge on any atom is 0.231 e. The molecule has 6 heteroatoms. The van der Waals surface area contributed by atoms with Gasteiger partial charge in [-0.3, -0.25) is 4.79 Å². The minimum Gasteiger partial charge on any atom is -0.384 e. The number of carbonyl (C=O) groups excluding carboxylic acids is 1. The quantitative estimate of drug-likeness (QED) is 0.829. The van der Waals surface area contributed by atoms with Crippen molar-refractivity contribution in [3.63, 3.8) is 0 Å². The van der Waals surface area contributed by atoms with E-state index in [0.717, 1.165) is 25.8 Å². The average molecular weight is 293 g/mol. The summed E-state index contributed by atoms with van der Waals surface area (Å²) < 4.78 is 10.4. The highest BCUT2D eigenvalue weighted by Crippen LogP contribution is 2.32. The molecule has 3 rings (SSSR count). The molecule has 1 aliphatic carbocycles. The molecule has 0 radical (unpaired) electrons. The molecule has 0 unspecified atom stereocenters. The van der Waals surface area contributed by atoms with E-state index in [0.29, 0.717) is 37.2 Å². The summed E-state index contributed by atoms with van der Waals surface area (Å²) >= 11 is 0. The summed E-state index contributed by atoms with van der Waals surface area (Å²) in [6, 6.07) is 0.427. The van der Waals surface area contributed by atoms with Gasteiger partial charge in [-0.25, -0.2) is 0 Å². The Morgan fingerprint density at radius 1 is 1.33 bits per heavy atom. The largest absolute Gasteiger partial charge is 0.384 e. The van der Waals surface area contributed by atoms with E-state index in [-0.39, 0.29) is 11.8 Å². The van der Waals surface area contributed by atoms with Crippen LogP contribution in [0.4, 0.5) is 0 Å². The molecule has 116 valence electrons. The summed E-state index contributed by atoms with van der Waals surface area (Å²) in [5.41, 5.74) is 0. The Hall–Kier alpha value is -1.43. The number of hydrogen-bond donors (Lipinski definition) is 0. The molecule has 1 aromatic rings. The second-order valence-corrected chi connectivity index (χ2v) is 6.01. The van der Waals surface area contributed by atoms with E-state index >= 15 is 0 Å². The second kappa shape index (κ2) is 6.56. The van der Waals surface area contributed by atoms with Crippen molar-refractivity contribution in [2.45, 2.75) is 56.9 Å². The Bertz CT molecular complexity index is 482. The smallest absolute Gasteiger partial charge is 0.231 e. The summed E-state index contributed by atoms with van der Waals surface area (Å²) in [4.78, 5) is 18.7. The monoisotopic (exact) mass is 293 g/mol. The van der Waals surface area contributed by atoms with Crippen LogP contribution in [-0.2, 0) is 16.0 Å². The first-order valence-corrected chi connectivity index (χ1v) is 7.89. The Balaban J connectivity index is 1.65. The number of likely N-dealkylation sites (tertiary alicyclic amines) is 1. The number of aromatic nitrogens is 2. The zero-order valence-corrected chi connectivity index (χ0v) is 12.6. The van der Waals surface area contributed by atoms with Crippen molar-refractivity contribution in [1.29, 1.82) is 0 Å². The molecule has 2 fully saturated rings. The summed E-state index contributed by atoms with van der Waals surface area (Å²) in [6.07, 6.45) is 6.83. The lowest BCUT2D eigenvalue weighted by Gasteiger charge is -2.35. The first-order valence-electron chi connectivity index (χ1n) is 7.89. The first-order chi connectivity index (χ1) is 10.3. The number of ether oxygens (including phenoxy) is 1. The van der Waals surface area contributed by atoms with Crippen LogP contribution >= 0.6 is 0 Å². The average Bonchev–Trinajstić information content (AvgIpc) is 3.17. The molecule has 2 aliphatic rings. The van der Waals surface area contributed by atoms with Crippen LogP contribution in [0.25, 0.3) is 0 Å². The lowest BCUT2D eigenvalue weighted by atomic mass is 9.95. The SMILES string of the molecule is COCCc1noc([C@H]2CCC(=O)N(C3CCCC3)C2)n1. The summed E-state index contributed by atoms with van der Waals surface area (Å²) in [7, 11) is 1.66. The normalized spacial score (nSPS) is 24.0. The van der Waals surface area contributed by atoms with Gasteiger partial charge in [-0.2, -0.15) is 4.98 Å². The Labute approximate surface area is 124 Å². The molecule has 0 N–H and O–H groups in total. The van der Waals surface area contributed by atoms with Crippen molar-refractivity contribution in [2.75, 3.05) is 20.3 Å². The molecule has 0 bridgehead atoms. The van der Waals surface area contributed by atoms with Gasteiger partial charge in [0.1, 0.15) is 0 Å². The van der Waals surface area contributed by atoms with Crippen molar-refractivity contribution >= 4 is 5.91 Å². The second-order valence-electron chi connectivity index (χ2n) is 6.01. The zero-order chi connectivity index (χ0) is 14.7. The van der Waals surface area contributed by atoms with Crippen LogP contribution in [0.2, 0.25) is 0 Å². The van der Waals surface area contributed by atoms with Crippen LogP contribution in [0.3, 0.4) is 0 Å². The van der Waals surface area contributed by atoms with Gasteiger partial charge in [-0.05, 0) is 19.3 Å². The van der Waals surface area contributed by atoms with Crippen LogP contribution in [-0.4, -0.2) is 47.3 Å². The number of hydrogen-bond acceptors (Lipinski definition) is 5. The van der Waals surface area contributed by atoms with Crippen molar-refractivity contribution in [2.24, 2.45) is 0 Å². The van der Waals surface area contributed by atoms with Gasteiger partial charge in [0.15, 0.2) is 5.82 Å². The highest BCUT2D eigenvalue weighted by molar-refractivity contribution is 5.77. The minimum absolute atomic E-state index is 0.187. The Morgan fingerprint density at radius 3 is 2.90 bits per heavy atom. The van der Waals surface area contributed by atoms with E-state index in [2.05, 4.69) is 15.0 Å². The van der Waals surface area contributed by atoms with Crippen LogP contribution in [0.15, 0.2) is 4.52 Å². The Kier molecular flexibility index (Phi) is 4.53. The molecule has 0 spiro atoms. The number of nitrogens with zero attached hydrogens (tertiary/aromatic N) is 3. The lowest BCUT2D eigenvalue weighted by molar-refractivity contribution is -0.136. The van der Waals surface area contributed by atoms with Crippen LogP contribution in [0.5, 0.6) is 0 Å². The predicted octanol–water partition coefficient (Wildman–Crippen LogP) is 1.91. The van der Waals surface area contributed by atoms with Crippen molar-refractivity contribution in [3.05, 3.63) is 11.7 Å². The third kappa shape index (κ3) is 3.26. The van der Waals surface area contributed by atoms with Gasteiger partial charge in [0.25, 0.3) is 0 Å². The molecule has 1 saturated heterocycles. The van der Waals surface area contributed by atoms with E-state index < -0.39 is 0 Å². The fraction of sp³-hybridized carbons (Fsp3) is 0.800. The predicted molar refractivity (Wildman–Crippen MR) is 75.8 cm³/mol. The third-order valence-electron chi connectivity index (χ3n) is 4.57. The van der Waals surface area contributed by atoms with E-state index in [1.54, 1.807) is 7.11 Å². The third-order valence-corrected chi connectivity index (χ3v) is 4.57.